The zero-order chi connectivity index (χ0) is 18.3. The number of aromatic nitrogens is 3. The highest BCUT2D eigenvalue weighted by molar-refractivity contribution is 6.31. The molecule has 0 aliphatic carbocycles. The fraction of sp³-hybridized carbons (Fsp3) is 0.222. The van der Waals surface area contributed by atoms with Crippen LogP contribution in [0.15, 0.2) is 36.7 Å². The normalized spacial score (nSPS) is 13.5. The third kappa shape index (κ3) is 2.94. The number of carbonyl (C=O) groups excluding carboxylic acids is 2. The van der Waals surface area contributed by atoms with Crippen LogP contribution in [-0.4, -0.2) is 45.7 Å². The van der Waals surface area contributed by atoms with E-state index in [1.54, 1.807) is 17.2 Å². The van der Waals surface area contributed by atoms with Crippen molar-refractivity contribution in [3.8, 4) is 0 Å². The van der Waals surface area contributed by atoms with Gasteiger partial charge in [-0.25, -0.2) is 9.50 Å². The minimum atomic E-state index is -0.148. The molecule has 128 valence electrons. The topological polar surface area (TPSA) is 79.6 Å². The van der Waals surface area contributed by atoms with Crippen molar-refractivity contribution in [2.45, 2.75) is 19.9 Å². The maximum atomic E-state index is 12.8. The smallest absolute Gasteiger partial charge is 0.274 e. The van der Waals surface area contributed by atoms with Crippen LogP contribution in [0, 0.1) is 0 Å². The summed E-state index contributed by atoms with van der Waals surface area (Å²) in [4.78, 5) is 30.1. The Morgan fingerprint density at radius 3 is 2.96 bits per heavy atom. The van der Waals surface area contributed by atoms with Crippen LogP contribution in [0.25, 0.3) is 5.65 Å². The summed E-state index contributed by atoms with van der Waals surface area (Å²) in [6, 6.07) is 7.41. The van der Waals surface area contributed by atoms with Crippen LogP contribution < -0.4 is 10.8 Å². The van der Waals surface area contributed by atoms with E-state index in [0.29, 0.717) is 36.3 Å². The second-order valence-corrected chi connectivity index (χ2v) is 6.32. The number of rotatable bonds is 2. The monoisotopic (exact) mass is 345 g/mol. The summed E-state index contributed by atoms with van der Waals surface area (Å²) in [7, 11) is 5.71. The zero-order valence-electron chi connectivity index (χ0n) is 14.3. The molecule has 1 aliphatic heterocycles. The van der Waals surface area contributed by atoms with Crippen molar-refractivity contribution in [2.24, 2.45) is 0 Å². The highest BCUT2D eigenvalue weighted by Crippen LogP contribution is 2.27. The lowest BCUT2D eigenvalue weighted by molar-refractivity contribution is -0.114. The number of anilines is 1. The Labute approximate surface area is 151 Å². The lowest BCUT2D eigenvalue weighted by Gasteiger charge is -2.29. The molecule has 4 rings (SSSR count). The molecular weight excluding hydrogens is 329 g/mol. The fourth-order valence-electron chi connectivity index (χ4n) is 3.25. The Morgan fingerprint density at radius 2 is 2.15 bits per heavy atom. The van der Waals surface area contributed by atoms with E-state index in [-0.39, 0.29) is 11.8 Å². The summed E-state index contributed by atoms with van der Waals surface area (Å²) in [5.74, 6) is -0.252. The second-order valence-electron chi connectivity index (χ2n) is 6.32. The van der Waals surface area contributed by atoms with Crippen molar-refractivity contribution in [2.75, 3.05) is 11.9 Å². The van der Waals surface area contributed by atoms with E-state index in [9.17, 15) is 9.59 Å². The standard InChI is InChI=1S/C18H16BN5O2/c1-11(25)21-15-4-2-3-12-9-23(6-5-14(12)15)18(26)16-7-17-20-8-13(19)10-24(17)22-16/h2-4,7-8,10H,5-6,9H2,1H3,(H,21,25). The highest BCUT2D eigenvalue weighted by Gasteiger charge is 2.25. The van der Waals surface area contributed by atoms with Crippen molar-refractivity contribution >= 4 is 36.5 Å². The molecule has 26 heavy (non-hydrogen) atoms. The summed E-state index contributed by atoms with van der Waals surface area (Å²) >= 11 is 0. The molecule has 0 spiro atoms. The summed E-state index contributed by atoms with van der Waals surface area (Å²) in [6.45, 7) is 2.53. The molecule has 3 aromatic rings. The first-order chi connectivity index (χ1) is 12.5. The summed E-state index contributed by atoms with van der Waals surface area (Å²) < 4.78 is 1.51. The van der Waals surface area contributed by atoms with Gasteiger partial charge in [0.15, 0.2) is 11.3 Å². The van der Waals surface area contributed by atoms with Gasteiger partial charge in [-0.1, -0.05) is 17.6 Å². The molecule has 1 aliphatic rings. The number of fused-ring (bicyclic) bond motifs is 2. The second kappa shape index (κ2) is 6.29. The van der Waals surface area contributed by atoms with E-state index in [2.05, 4.69) is 15.4 Å². The minimum Gasteiger partial charge on any atom is -0.333 e. The number of nitrogens with one attached hydrogen (secondary N) is 1. The average molecular weight is 345 g/mol. The molecule has 1 N–H and O–H groups in total. The Morgan fingerprint density at radius 1 is 1.31 bits per heavy atom. The molecule has 8 heteroatoms. The number of carbonyl (C=O) groups is 2. The Kier molecular flexibility index (Phi) is 3.95. The van der Waals surface area contributed by atoms with Gasteiger partial charge in [0, 0.05) is 44.2 Å². The van der Waals surface area contributed by atoms with Gasteiger partial charge >= 0.3 is 0 Å². The molecule has 0 saturated carbocycles. The van der Waals surface area contributed by atoms with Gasteiger partial charge in [0.2, 0.25) is 5.91 Å². The van der Waals surface area contributed by atoms with Crippen LogP contribution in [0.2, 0.25) is 0 Å². The van der Waals surface area contributed by atoms with Crippen molar-refractivity contribution in [3.05, 3.63) is 53.5 Å². The summed E-state index contributed by atoms with van der Waals surface area (Å²) in [6.07, 6.45) is 3.84. The molecule has 0 unspecified atom stereocenters. The first kappa shape index (κ1) is 16.3. The lowest BCUT2D eigenvalue weighted by Crippen LogP contribution is -2.36. The minimum absolute atomic E-state index is 0.103. The quantitative estimate of drug-likeness (QED) is 0.693. The molecule has 0 fully saturated rings. The third-order valence-corrected chi connectivity index (χ3v) is 4.42. The van der Waals surface area contributed by atoms with Gasteiger partial charge in [-0.05, 0) is 23.6 Å². The lowest BCUT2D eigenvalue weighted by atomic mass is 9.97. The molecule has 0 saturated heterocycles. The number of hydrogen-bond donors (Lipinski definition) is 1. The van der Waals surface area contributed by atoms with Crippen LogP contribution in [-0.2, 0) is 17.8 Å². The molecule has 2 amide bonds. The third-order valence-electron chi connectivity index (χ3n) is 4.42. The van der Waals surface area contributed by atoms with E-state index >= 15 is 0 Å². The molecule has 3 heterocycles. The van der Waals surface area contributed by atoms with E-state index in [1.807, 2.05) is 18.2 Å². The highest BCUT2D eigenvalue weighted by atomic mass is 16.2. The molecular formula is C18H16BN5O2. The van der Waals surface area contributed by atoms with Crippen molar-refractivity contribution in [1.82, 2.24) is 19.5 Å². The van der Waals surface area contributed by atoms with Gasteiger partial charge in [0.1, 0.15) is 7.85 Å². The molecule has 7 nitrogen and oxygen atoms in total. The van der Waals surface area contributed by atoms with Crippen LogP contribution in [0.5, 0.6) is 0 Å². The Bertz CT molecular complexity index is 1030. The maximum Gasteiger partial charge on any atom is 0.274 e. The number of benzene rings is 1. The Balaban J connectivity index is 1.59. The zero-order valence-corrected chi connectivity index (χ0v) is 14.3. The molecule has 0 bridgehead atoms. The van der Waals surface area contributed by atoms with Gasteiger partial charge in [-0.3, -0.25) is 9.59 Å². The van der Waals surface area contributed by atoms with Gasteiger partial charge in [0.25, 0.3) is 5.91 Å². The van der Waals surface area contributed by atoms with E-state index in [1.165, 1.54) is 17.6 Å². The van der Waals surface area contributed by atoms with Crippen LogP contribution in [0.1, 0.15) is 28.5 Å². The first-order valence-corrected chi connectivity index (χ1v) is 8.30. The van der Waals surface area contributed by atoms with Gasteiger partial charge in [0.05, 0.1) is 0 Å². The van der Waals surface area contributed by atoms with E-state index in [0.717, 1.165) is 16.8 Å². The molecule has 0 atom stereocenters. The largest absolute Gasteiger partial charge is 0.333 e. The van der Waals surface area contributed by atoms with Crippen molar-refractivity contribution < 1.29 is 9.59 Å². The van der Waals surface area contributed by atoms with Crippen LogP contribution in [0.3, 0.4) is 0 Å². The van der Waals surface area contributed by atoms with Gasteiger partial charge < -0.3 is 10.2 Å². The predicted molar refractivity (Wildman–Crippen MR) is 97.6 cm³/mol. The molecule has 1 aromatic carbocycles. The average Bonchev–Trinajstić information content (AvgIpc) is 3.03. The summed E-state index contributed by atoms with van der Waals surface area (Å²) in [5, 5.41) is 7.14. The fourth-order valence-corrected chi connectivity index (χ4v) is 3.25. The number of amides is 2. The number of hydrogen-bond acceptors (Lipinski definition) is 4. The van der Waals surface area contributed by atoms with Crippen molar-refractivity contribution in [3.63, 3.8) is 0 Å². The SMILES string of the molecule is [B]c1cnc2cc(C(=O)N3CCc4c(cccc4NC(C)=O)C3)nn2c1. The van der Waals surface area contributed by atoms with Crippen LogP contribution in [0.4, 0.5) is 5.69 Å². The van der Waals surface area contributed by atoms with Crippen LogP contribution >= 0.6 is 0 Å². The molecule has 2 radical (unpaired) electrons. The molecule has 2 aromatic heterocycles. The predicted octanol–water partition coefficient (Wildman–Crippen LogP) is 0.680. The Hall–Kier alpha value is -3.16. The van der Waals surface area contributed by atoms with Gasteiger partial charge in [-0.15, -0.1) is 0 Å². The van der Waals surface area contributed by atoms with E-state index in [4.69, 9.17) is 7.85 Å². The first-order valence-electron chi connectivity index (χ1n) is 8.30. The summed E-state index contributed by atoms with van der Waals surface area (Å²) in [5.41, 5.74) is 4.32. The van der Waals surface area contributed by atoms with E-state index < -0.39 is 0 Å². The van der Waals surface area contributed by atoms with Crippen molar-refractivity contribution in [1.29, 1.82) is 0 Å². The maximum absolute atomic E-state index is 12.8. The number of nitrogens with zero attached hydrogens (tertiary/aromatic N) is 4. The van der Waals surface area contributed by atoms with Gasteiger partial charge in [-0.2, -0.15) is 5.10 Å².